The van der Waals surface area contributed by atoms with Crippen molar-refractivity contribution in [3.05, 3.63) is 28.8 Å². The SMILES string of the molecule is Cc1c(Cl)cccc1N1CCCC(ON)C1. The van der Waals surface area contributed by atoms with Crippen LogP contribution in [0.1, 0.15) is 18.4 Å². The fourth-order valence-corrected chi connectivity index (χ4v) is 2.38. The molecule has 1 aliphatic rings. The van der Waals surface area contributed by atoms with Gasteiger partial charge in [0.25, 0.3) is 0 Å². The highest BCUT2D eigenvalue weighted by atomic mass is 35.5. The van der Waals surface area contributed by atoms with Crippen LogP contribution in [0.15, 0.2) is 18.2 Å². The number of hydrogen-bond acceptors (Lipinski definition) is 3. The van der Waals surface area contributed by atoms with Gasteiger partial charge in [0.1, 0.15) is 0 Å². The molecule has 0 radical (unpaired) electrons. The maximum atomic E-state index is 6.12. The van der Waals surface area contributed by atoms with Crippen LogP contribution in [0.5, 0.6) is 0 Å². The van der Waals surface area contributed by atoms with Gasteiger partial charge in [0, 0.05) is 23.8 Å². The van der Waals surface area contributed by atoms with Crippen LogP contribution in [-0.2, 0) is 4.84 Å². The highest BCUT2D eigenvalue weighted by Gasteiger charge is 2.21. The van der Waals surface area contributed by atoms with Crippen LogP contribution in [0, 0.1) is 6.92 Å². The summed E-state index contributed by atoms with van der Waals surface area (Å²) in [5.41, 5.74) is 2.32. The third kappa shape index (κ3) is 2.32. The highest BCUT2D eigenvalue weighted by Crippen LogP contribution is 2.28. The molecule has 1 saturated heterocycles. The van der Waals surface area contributed by atoms with E-state index in [1.807, 2.05) is 19.1 Å². The van der Waals surface area contributed by atoms with E-state index in [0.29, 0.717) is 0 Å². The minimum Gasteiger partial charge on any atom is -0.369 e. The lowest BCUT2D eigenvalue weighted by Gasteiger charge is -2.34. The first-order valence-electron chi connectivity index (χ1n) is 5.58. The highest BCUT2D eigenvalue weighted by molar-refractivity contribution is 6.31. The summed E-state index contributed by atoms with van der Waals surface area (Å²) in [5, 5.41) is 0.813. The van der Waals surface area contributed by atoms with Gasteiger partial charge < -0.3 is 4.90 Å². The summed E-state index contributed by atoms with van der Waals surface area (Å²) in [6.07, 6.45) is 2.27. The molecule has 1 aromatic carbocycles. The van der Waals surface area contributed by atoms with E-state index in [-0.39, 0.29) is 6.10 Å². The van der Waals surface area contributed by atoms with Crippen molar-refractivity contribution >= 4 is 17.3 Å². The maximum absolute atomic E-state index is 6.12. The summed E-state index contributed by atoms with van der Waals surface area (Å²) in [5.74, 6) is 5.26. The molecule has 0 aliphatic carbocycles. The van der Waals surface area contributed by atoms with Crippen molar-refractivity contribution in [1.29, 1.82) is 0 Å². The Morgan fingerprint density at radius 1 is 1.50 bits per heavy atom. The number of nitrogens with two attached hydrogens (primary N) is 1. The Balaban J connectivity index is 2.20. The molecule has 3 nitrogen and oxygen atoms in total. The van der Waals surface area contributed by atoms with Gasteiger partial charge in [-0.3, -0.25) is 4.84 Å². The van der Waals surface area contributed by atoms with Crippen molar-refractivity contribution in [2.45, 2.75) is 25.9 Å². The van der Waals surface area contributed by atoms with E-state index in [4.69, 9.17) is 22.3 Å². The lowest BCUT2D eigenvalue weighted by atomic mass is 10.1. The number of benzene rings is 1. The van der Waals surface area contributed by atoms with Gasteiger partial charge in [-0.25, -0.2) is 5.90 Å². The van der Waals surface area contributed by atoms with Gasteiger partial charge in [-0.05, 0) is 37.5 Å². The quantitative estimate of drug-likeness (QED) is 0.808. The van der Waals surface area contributed by atoms with Crippen molar-refractivity contribution in [2.75, 3.05) is 18.0 Å². The molecule has 1 atom stereocenters. The van der Waals surface area contributed by atoms with Crippen molar-refractivity contribution in [3.63, 3.8) is 0 Å². The normalized spacial score (nSPS) is 21.2. The van der Waals surface area contributed by atoms with Crippen LogP contribution in [0.2, 0.25) is 5.02 Å². The van der Waals surface area contributed by atoms with E-state index < -0.39 is 0 Å². The minimum atomic E-state index is 0.132. The first-order chi connectivity index (χ1) is 7.72. The Morgan fingerprint density at radius 3 is 3.06 bits per heavy atom. The topological polar surface area (TPSA) is 38.5 Å². The number of anilines is 1. The minimum absolute atomic E-state index is 0.132. The van der Waals surface area contributed by atoms with E-state index in [1.54, 1.807) is 0 Å². The van der Waals surface area contributed by atoms with Gasteiger partial charge in [-0.15, -0.1) is 0 Å². The van der Waals surface area contributed by atoms with Crippen LogP contribution in [0.3, 0.4) is 0 Å². The number of hydrogen-bond donors (Lipinski definition) is 1. The summed E-state index contributed by atoms with van der Waals surface area (Å²) in [4.78, 5) is 7.23. The summed E-state index contributed by atoms with van der Waals surface area (Å²) in [7, 11) is 0. The molecule has 1 aliphatic heterocycles. The Kier molecular flexibility index (Phi) is 3.69. The van der Waals surface area contributed by atoms with E-state index in [9.17, 15) is 0 Å². The van der Waals surface area contributed by atoms with E-state index in [1.165, 1.54) is 5.69 Å². The molecule has 16 heavy (non-hydrogen) atoms. The fourth-order valence-electron chi connectivity index (χ4n) is 2.21. The molecule has 0 aromatic heterocycles. The molecule has 2 rings (SSSR count). The monoisotopic (exact) mass is 240 g/mol. The van der Waals surface area contributed by atoms with Crippen molar-refractivity contribution < 1.29 is 4.84 Å². The smallest absolute Gasteiger partial charge is 0.0962 e. The Hall–Kier alpha value is -0.770. The molecule has 0 bridgehead atoms. The molecular formula is C12H17ClN2O. The summed E-state index contributed by atoms with van der Waals surface area (Å²) < 4.78 is 0. The predicted molar refractivity (Wildman–Crippen MR) is 66.7 cm³/mol. The number of halogens is 1. The molecule has 1 aromatic rings. The zero-order valence-electron chi connectivity index (χ0n) is 9.45. The molecule has 4 heteroatoms. The Bertz CT molecular complexity index is 370. The molecule has 1 unspecified atom stereocenters. The Morgan fingerprint density at radius 2 is 2.31 bits per heavy atom. The van der Waals surface area contributed by atoms with Crippen molar-refractivity contribution in [2.24, 2.45) is 5.90 Å². The lowest BCUT2D eigenvalue weighted by Crippen LogP contribution is -2.41. The first kappa shape index (κ1) is 11.7. The van der Waals surface area contributed by atoms with Gasteiger partial charge in [-0.2, -0.15) is 0 Å². The zero-order valence-corrected chi connectivity index (χ0v) is 10.2. The second-order valence-electron chi connectivity index (χ2n) is 4.23. The third-order valence-electron chi connectivity index (χ3n) is 3.15. The molecule has 1 heterocycles. The van der Waals surface area contributed by atoms with E-state index in [0.717, 1.165) is 36.5 Å². The maximum Gasteiger partial charge on any atom is 0.0962 e. The van der Waals surface area contributed by atoms with Crippen LogP contribution in [0.25, 0.3) is 0 Å². The second-order valence-corrected chi connectivity index (χ2v) is 4.64. The largest absolute Gasteiger partial charge is 0.369 e. The van der Waals surface area contributed by atoms with Gasteiger partial charge in [0.05, 0.1) is 6.10 Å². The van der Waals surface area contributed by atoms with Crippen LogP contribution < -0.4 is 10.8 Å². The zero-order chi connectivity index (χ0) is 11.5. The average molecular weight is 241 g/mol. The molecular weight excluding hydrogens is 224 g/mol. The van der Waals surface area contributed by atoms with Crippen molar-refractivity contribution in [1.82, 2.24) is 0 Å². The van der Waals surface area contributed by atoms with E-state index >= 15 is 0 Å². The molecule has 0 spiro atoms. The predicted octanol–water partition coefficient (Wildman–Crippen LogP) is 2.51. The molecule has 0 saturated carbocycles. The van der Waals surface area contributed by atoms with Crippen LogP contribution in [0.4, 0.5) is 5.69 Å². The second kappa shape index (κ2) is 5.04. The summed E-state index contributed by atoms with van der Waals surface area (Å²) in [6.45, 7) is 3.93. The van der Waals surface area contributed by atoms with Crippen molar-refractivity contribution in [3.8, 4) is 0 Å². The van der Waals surface area contributed by atoms with Crippen LogP contribution >= 0.6 is 11.6 Å². The van der Waals surface area contributed by atoms with Crippen LogP contribution in [-0.4, -0.2) is 19.2 Å². The summed E-state index contributed by atoms with van der Waals surface area (Å²) >= 11 is 6.12. The third-order valence-corrected chi connectivity index (χ3v) is 3.56. The number of piperidine rings is 1. The molecule has 88 valence electrons. The molecule has 0 amide bonds. The average Bonchev–Trinajstić information content (AvgIpc) is 2.33. The van der Waals surface area contributed by atoms with Gasteiger partial charge in [0.15, 0.2) is 0 Å². The van der Waals surface area contributed by atoms with Gasteiger partial charge in [-0.1, -0.05) is 17.7 Å². The summed E-state index contributed by atoms with van der Waals surface area (Å²) in [6, 6.07) is 6.00. The number of nitrogens with zero attached hydrogens (tertiary/aromatic N) is 1. The lowest BCUT2D eigenvalue weighted by molar-refractivity contribution is 0.0434. The standard InChI is InChI=1S/C12H17ClN2O/c1-9-11(13)5-2-6-12(9)15-7-3-4-10(8-15)16-14/h2,5-6,10H,3-4,7-8,14H2,1H3. The first-order valence-corrected chi connectivity index (χ1v) is 5.95. The molecule has 2 N–H and O–H groups in total. The number of rotatable bonds is 2. The molecule has 1 fully saturated rings. The van der Waals surface area contributed by atoms with Gasteiger partial charge >= 0.3 is 0 Å². The fraction of sp³-hybridized carbons (Fsp3) is 0.500. The van der Waals surface area contributed by atoms with E-state index in [2.05, 4.69) is 11.0 Å². The Labute approximate surface area is 101 Å². The van der Waals surface area contributed by atoms with Gasteiger partial charge in [0.2, 0.25) is 0 Å².